The first-order valence-electron chi connectivity index (χ1n) is 9.31. The minimum Gasteiger partial charge on any atom is -0.381 e. The van der Waals surface area contributed by atoms with E-state index in [2.05, 4.69) is 15.1 Å². The van der Waals surface area contributed by atoms with Crippen LogP contribution in [0, 0.1) is 5.41 Å². The second-order valence-corrected chi connectivity index (χ2v) is 9.61. The molecule has 10 heteroatoms. The predicted octanol–water partition coefficient (Wildman–Crippen LogP) is 1.41. The van der Waals surface area contributed by atoms with E-state index in [0.717, 1.165) is 12.8 Å². The second-order valence-electron chi connectivity index (χ2n) is 7.52. The van der Waals surface area contributed by atoms with E-state index in [1.54, 1.807) is 10.6 Å². The van der Waals surface area contributed by atoms with Gasteiger partial charge in [-0.25, -0.2) is 17.7 Å². The lowest BCUT2D eigenvalue weighted by molar-refractivity contribution is 0.0132. The van der Waals surface area contributed by atoms with Crippen molar-refractivity contribution in [3.63, 3.8) is 0 Å². The van der Waals surface area contributed by atoms with Gasteiger partial charge < -0.3 is 13.8 Å². The number of imidazole rings is 1. The molecule has 4 heterocycles. The van der Waals surface area contributed by atoms with Crippen molar-refractivity contribution in [1.29, 1.82) is 0 Å². The largest absolute Gasteiger partial charge is 0.381 e. The van der Waals surface area contributed by atoms with E-state index in [-0.39, 0.29) is 17.1 Å². The summed E-state index contributed by atoms with van der Waals surface area (Å²) in [6.07, 6.45) is 5.68. The third kappa shape index (κ3) is 3.41. The molecule has 0 aliphatic carbocycles. The molecule has 1 spiro atoms. The number of hydrogen-bond donors (Lipinski definition) is 0. The molecule has 0 saturated carbocycles. The van der Waals surface area contributed by atoms with Gasteiger partial charge in [0.1, 0.15) is 5.69 Å². The molecular weight excluding hydrogens is 370 g/mol. The molecule has 0 aromatic carbocycles. The van der Waals surface area contributed by atoms with E-state index in [4.69, 9.17) is 9.26 Å². The Balaban J connectivity index is 1.66. The van der Waals surface area contributed by atoms with E-state index in [1.807, 2.05) is 24.7 Å². The van der Waals surface area contributed by atoms with Gasteiger partial charge in [-0.15, -0.1) is 0 Å². The first kappa shape index (κ1) is 18.6. The summed E-state index contributed by atoms with van der Waals surface area (Å²) in [5.74, 6) is 0.987. The van der Waals surface area contributed by atoms with Crippen LogP contribution < -0.4 is 0 Å². The first-order chi connectivity index (χ1) is 12.9. The van der Waals surface area contributed by atoms with Crippen LogP contribution in [-0.4, -0.2) is 64.5 Å². The standard InChI is InChI=1S/C17H25N5O4S/c1-3-8-27(23,24)22-9-13(17(11-22)4-6-25-7-5-17)15-19-16(26-20-15)14-10-21(2)12-18-14/h10,12-13H,3-9,11H2,1-2H3. The summed E-state index contributed by atoms with van der Waals surface area (Å²) in [6.45, 7) is 4.03. The third-order valence-corrected chi connectivity index (χ3v) is 7.63. The van der Waals surface area contributed by atoms with Crippen molar-refractivity contribution in [2.75, 3.05) is 32.1 Å². The highest BCUT2D eigenvalue weighted by molar-refractivity contribution is 7.89. The summed E-state index contributed by atoms with van der Waals surface area (Å²) < 4.78 is 39.8. The van der Waals surface area contributed by atoms with Crippen LogP contribution in [0.2, 0.25) is 0 Å². The number of aromatic nitrogens is 4. The maximum absolute atomic E-state index is 12.7. The van der Waals surface area contributed by atoms with Crippen molar-refractivity contribution in [2.45, 2.75) is 32.1 Å². The molecule has 4 rings (SSSR count). The minimum absolute atomic E-state index is 0.103. The number of nitrogens with zero attached hydrogens (tertiary/aromatic N) is 5. The Labute approximate surface area is 158 Å². The molecule has 148 valence electrons. The molecule has 9 nitrogen and oxygen atoms in total. The van der Waals surface area contributed by atoms with Gasteiger partial charge >= 0.3 is 0 Å². The average molecular weight is 395 g/mol. The smallest absolute Gasteiger partial charge is 0.278 e. The fourth-order valence-electron chi connectivity index (χ4n) is 4.17. The summed E-state index contributed by atoms with van der Waals surface area (Å²) in [5, 5.41) is 4.20. The second kappa shape index (κ2) is 6.99. The van der Waals surface area contributed by atoms with Gasteiger partial charge in [-0.1, -0.05) is 12.1 Å². The Bertz CT molecular complexity index is 900. The van der Waals surface area contributed by atoms with E-state index >= 15 is 0 Å². The molecule has 2 aliphatic heterocycles. The lowest BCUT2D eigenvalue weighted by atomic mass is 9.72. The third-order valence-electron chi connectivity index (χ3n) is 5.64. The molecule has 2 aliphatic rings. The molecule has 2 fully saturated rings. The Morgan fingerprint density at radius 2 is 2.11 bits per heavy atom. The molecule has 0 radical (unpaired) electrons. The van der Waals surface area contributed by atoms with E-state index in [0.29, 0.717) is 50.1 Å². The highest BCUT2D eigenvalue weighted by atomic mass is 32.2. The molecule has 0 bridgehead atoms. The topological polar surface area (TPSA) is 103 Å². The van der Waals surface area contributed by atoms with Crippen LogP contribution in [0.1, 0.15) is 37.9 Å². The Kier molecular flexibility index (Phi) is 4.81. The van der Waals surface area contributed by atoms with Gasteiger partial charge in [-0.05, 0) is 24.7 Å². The molecule has 0 N–H and O–H groups in total. The van der Waals surface area contributed by atoms with Crippen LogP contribution >= 0.6 is 0 Å². The van der Waals surface area contributed by atoms with Crippen LogP contribution in [0.4, 0.5) is 0 Å². The van der Waals surface area contributed by atoms with E-state index < -0.39 is 10.0 Å². The summed E-state index contributed by atoms with van der Waals surface area (Å²) >= 11 is 0. The summed E-state index contributed by atoms with van der Waals surface area (Å²) in [6, 6.07) is 0. The lowest BCUT2D eigenvalue weighted by Gasteiger charge is -2.36. The normalized spacial score (nSPS) is 23.3. The predicted molar refractivity (Wildman–Crippen MR) is 97.4 cm³/mol. The van der Waals surface area contributed by atoms with Crippen LogP contribution in [0.15, 0.2) is 17.0 Å². The summed E-state index contributed by atoms with van der Waals surface area (Å²) in [5.41, 5.74) is 0.412. The fraction of sp³-hybridized carbons (Fsp3) is 0.706. The van der Waals surface area contributed by atoms with Crippen molar-refractivity contribution in [1.82, 2.24) is 24.0 Å². The van der Waals surface area contributed by atoms with Crippen molar-refractivity contribution in [3.8, 4) is 11.6 Å². The van der Waals surface area contributed by atoms with Crippen molar-refractivity contribution >= 4 is 10.0 Å². The molecular formula is C17H25N5O4S. The van der Waals surface area contributed by atoms with Crippen molar-refractivity contribution < 1.29 is 17.7 Å². The molecule has 0 amide bonds. The Morgan fingerprint density at radius 1 is 1.33 bits per heavy atom. The molecule has 2 aromatic rings. The van der Waals surface area contributed by atoms with E-state index in [1.165, 1.54) is 0 Å². The molecule has 2 aromatic heterocycles. The zero-order valence-electron chi connectivity index (χ0n) is 15.7. The van der Waals surface area contributed by atoms with Crippen LogP contribution in [0.3, 0.4) is 0 Å². The van der Waals surface area contributed by atoms with Gasteiger partial charge in [-0.2, -0.15) is 4.98 Å². The van der Waals surface area contributed by atoms with Gasteiger partial charge in [0.2, 0.25) is 10.0 Å². The number of rotatable bonds is 5. The quantitative estimate of drug-likeness (QED) is 0.754. The molecule has 27 heavy (non-hydrogen) atoms. The Morgan fingerprint density at radius 3 is 2.78 bits per heavy atom. The maximum atomic E-state index is 12.7. The van der Waals surface area contributed by atoms with Crippen LogP contribution in [-0.2, 0) is 21.8 Å². The number of sulfonamides is 1. The lowest BCUT2D eigenvalue weighted by Crippen LogP contribution is -2.38. The van der Waals surface area contributed by atoms with Gasteiger partial charge in [-0.3, -0.25) is 0 Å². The van der Waals surface area contributed by atoms with Gasteiger partial charge in [0, 0.05) is 45.5 Å². The number of aryl methyl sites for hydroxylation is 1. The van der Waals surface area contributed by atoms with Gasteiger partial charge in [0.05, 0.1) is 12.1 Å². The van der Waals surface area contributed by atoms with Gasteiger partial charge in [0.25, 0.3) is 5.89 Å². The Hall–Kier alpha value is -1.78. The first-order valence-corrected chi connectivity index (χ1v) is 10.9. The zero-order chi connectivity index (χ0) is 19.1. The van der Waals surface area contributed by atoms with Crippen LogP contribution in [0.5, 0.6) is 0 Å². The maximum Gasteiger partial charge on any atom is 0.278 e. The minimum atomic E-state index is -3.28. The average Bonchev–Trinajstić information content (AvgIpc) is 3.34. The molecule has 1 unspecified atom stereocenters. The summed E-state index contributed by atoms with van der Waals surface area (Å²) in [7, 11) is -1.40. The molecule has 2 saturated heterocycles. The monoisotopic (exact) mass is 395 g/mol. The van der Waals surface area contributed by atoms with Crippen LogP contribution in [0.25, 0.3) is 11.6 Å². The number of hydrogen-bond acceptors (Lipinski definition) is 7. The van der Waals surface area contributed by atoms with Crippen molar-refractivity contribution in [2.24, 2.45) is 12.5 Å². The molecule has 1 atom stereocenters. The number of ether oxygens (including phenoxy) is 1. The SMILES string of the molecule is CCCS(=O)(=O)N1CC(c2noc(-c3cn(C)cn3)n2)C2(CCOCC2)C1. The van der Waals surface area contributed by atoms with Gasteiger partial charge in [0.15, 0.2) is 5.82 Å². The van der Waals surface area contributed by atoms with E-state index in [9.17, 15) is 8.42 Å². The summed E-state index contributed by atoms with van der Waals surface area (Å²) in [4.78, 5) is 8.82. The van der Waals surface area contributed by atoms with Crippen molar-refractivity contribution in [3.05, 3.63) is 18.3 Å². The zero-order valence-corrected chi connectivity index (χ0v) is 16.5. The highest BCUT2D eigenvalue weighted by Gasteiger charge is 2.52. The fourth-order valence-corrected chi connectivity index (χ4v) is 5.77. The highest BCUT2D eigenvalue weighted by Crippen LogP contribution is 2.49.